The average Bonchev–Trinajstić information content (AvgIpc) is 2.69. The molecule has 0 aliphatic heterocycles. The zero-order valence-corrected chi connectivity index (χ0v) is 14.9. The average molecular weight is 377 g/mol. The maximum absolute atomic E-state index is 13.1. The van der Waals surface area contributed by atoms with Gasteiger partial charge in [0.15, 0.2) is 0 Å². The van der Waals surface area contributed by atoms with Crippen LogP contribution in [0.4, 0.5) is 10.1 Å². The van der Waals surface area contributed by atoms with Crippen molar-refractivity contribution in [2.75, 3.05) is 32.8 Å². The highest BCUT2D eigenvalue weighted by atomic mass is 19.1. The van der Waals surface area contributed by atoms with Crippen LogP contribution in [0.3, 0.4) is 0 Å². The summed E-state index contributed by atoms with van der Waals surface area (Å²) in [6, 6.07) is 11.2. The number of ether oxygens (including phenoxy) is 4. The fraction of sp³-hybridized carbons (Fsp3) is 0.263. The molecule has 2 aromatic carbocycles. The van der Waals surface area contributed by atoms with Crippen molar-refractivity contribution in [1.82, 2.24) is 0 Å². The molecule has 144 valence electrons. The Kier molecular flexibility index (Phi) is 7.42. The van der Waals surface area contributed by atoms with Crippen molar-refractivity contribution >= 4 is 17.6 Å². The number of carbonyl (C=O) groups is 2. The molecule has 0 aliphatic carbocycles. The summed E-state index contributed by atoms with van der Waals surface area (Å²) < 4.78 is 33.4. The van der Waals surface area contributed by atoms with Crippen molar-refractivity contribution in [3.63, 3.8) is 0 Å². The van der Waals surface area contributed by atoms with E-state index < -0.39 is 18.0 Å². The smallest absolute Gasteiger partial charge is 0.340 e. The van der Waals surface area contributed by atoms with Gasteiger partial charge in [0.1, 0.15) is 30.5 Å². The Hall–Kier alpha value is -3.29. The molecule has 0 heterocycles. The van der Waals surface area contributed by atoms with E-state index in [1.165, 1.54) is 26.4 Å². The molecule has 0 amide bonds. The van der Waals surface area contributed by atoms with Crippen LogP contribution in [0.2, 0.25) is 0 Å². The van der Waals surface area contributed by atoms with Crippen LogP contribution in [0, 0.1) is 5.82 Å². The second-order valence-electron chi connectivity index (χ2n) is 5.27. The van der Waals surface area contributed by atoms with Gasteiger partial charge in [0, 0.05) is 6.07 Å². The fourth-order valence-corrected chi connectivity index (χ4v) is 2.18. The van der Waals surface area contributed by atoms with Crippen LogP contribution in [0.1, 0.15) is 0 Å². The lowest BCUT2D eigenvalue weighted by Gasteiger charge is -2.18. The number of hydrogen-bond acceptors (Lipinski definition) is 7. The quantitative estimate of drug-likeness (QED) is 0.408. The van der Waals surface area contributed by atoms with E-state index in [0.29, 0.717) is 17.2 Å². The van der Waals surface area contributed by atoms with Gasteiger partial charge in [-0.3, -0.25) is 0 Å². The molecule has 27 heavy (non-hydrogen) atoms. The molecule has 0 bridgehead atoms. The van der Waals surface area contributed by atoms with Gasteiger partial charge in [0.05, 0.1) is 19.9 Å². The molecule has 2 aromatic rings. The normalized spacial score (nSPS) is 10.2. The topological polar surface area (TPSA) is 83.1 Å². The van der Waals surface area contributed by atoms with Gasteiger partial charge < -0.3 is 24.3 Å². The largest absolute Gasteiger partial charge is 0.490 e. The third-order valence-corrected chi connectivity index (χ3v) is 3.47. The van der Waals surface area contributed by atoms with Crippen molar-refractivity contribution in [1.29, 1.82) is 0 Å². The van der Waals surface area contributed by atoms with Crippen molar-refractivity contribution in [2.24, 2.45) is 0 Å². The Morgan fingerprint density at radius 3 is 2.30 bits per heavy atom. The second kappa shape index (κ2) is 10.0. The van der Waals surface area contributed by atoms with Gasteiger partial charge in [-0.05, 0) is 24.3 Å². The Labute approximate surface area is 156 Å². The summed E-state index contributed by atoms with van der Waals surface area (Å²) in [5.41, 5.74) is 0.407. The number of anilines is 1. The molecule has 0 aromatic heterocycles. The molecule has 0 radical (unpaired) electrons. The Morgan fingerprint density at radius 2 is 1.63 bits per heavy atom. The van der Waals surface area contributed by atoms with E-state index in [9.17, 15) is 14.0 Å². The minimum atomic E-state index is -1.33. The summed E-state index contributed by atoms with van der Waals surface area (Å²) in [4.78, 5) is 23.6. The number of methoxy groups -OCH3 is 2. The third kappa shape index (κ3) is 5.88. The number of para-hydroxylation sites is 2. The highest BCUT2D eigenvalue weighted by molar-refractivity contribution is 6.02. The molecule has 2 rings (SSSR count). The van der Waals surface area contributed by atoms with Crippen LogP contribution in [-0.4, -0.2) is 45.4 Å². The minimum absolute atomic E-state index is 0.163. The summed E-state index contributed by atoms with van der Waals surface area (Å²) >= 11 is 0. The zero-order valence-electron chi connectivity index (χ0n) is 14.9. The standard InChI is InChI=1S/C19H20FNO6/c1-24-18(22)17(19(23)25-2)21-15-8-3-4-9-16(15)27-11-10-26-14-7-5-6-13(20)12-14/h3-9,12,17,21H,10-11H2,1-2H3. The van der Waals surface area contributed by atoms with E-state index >= 15 is 0 Å². The molecule has 0 fully saturated rings. The maximum Gasteiger partial charge on any atom is 0.340 e. The lowest BCUT2D eigenvalue weighted by molar-refractivity contribution is -0.152. The molecule has 1 N–H and O–H groups in total. The molecule has 0 saturated heterocycles. The molecular formula is C19H20FNO6. The SMILES string of the molecule is COC(=O)C(Nc1ccccc1OCCOc1cccc(F)c1)C(=O)OC. The number of rotatable bonds is 9. The van der Waals surface area contributed by atoms with Gasteiger partial charge in [-0.15, -0.1) is 0 Å². The molecule has 7 nitrogen and oxygen atoms in total. The highest BCUT2D eigenvalue weighted by Crippen LogP contribution is 2.25. The zero-order chi connectivity index (χ0) is 19.6. The van der Waals surface area contributed by atoms with Crippen LogP contribution in [-0.2, 0) is 19.1 Å². The van der Waals surface area contributed by atoms with Gasteiger partial charge >= 0.3 is 11.9 Å². The van der Waals surface area contributed by atoms with Gasteiger partial charge in [-0.25, -0.2) is 14.0 Å². The second-order valence-corrected chi connectivity index (χ2v) is 5.27. The lowest BCUT2D eigenvalue weighted by atomic mass is 10.2. The molecular weight excluding hydrogens is 357 g/mol. The molecule has 0 unspecified atom stereocenters. The van der Waals surface area contributed by atoms with Crippen molar-refractivity contribution in [2.45, 2.75) is 6.04 Å². The summed E-state index contributed by atoms with van der Waals surface area (Å²) in [6.45, 7) is 0.339. The summed E-state index contributed by atoms with van der Waals surface area (Å²) in [7, 11) is 2.35. The summed E-state index contributed by atoms with van der Waals surface area (Å²) in [5.74, 6) is -1.17. The first kappa shape index (κ1) is 20.0. The van der Waals surface area contributed by atoms with Crippen LogP contribution in [0.15, 0.2) is 48.5 Å². The van der Waals surface area contributed by atoms with Gasteiger partial charge in [-0.1, -0.05) is 18.2 Å². The molecule has 8 heteroatoms. The molecule has 0 saturated carbocycles. The third-order valence-electron chi connectivity index (χ3n) is 3.47. The van der Waals surface area contributed by atoms with Gasteiger partial charge in [0.25, 0.3) is 0 Å². The molecule has 0 aliphatic rings. The fourth-order valence-electron chi connectivity index (χ4n) is 2.18. The van der Waals surface area contributed by atoms with Gasteiger partial charge in [0.2, 0.25) is 6.04 Å². The van der Waals surface area contributed by atoms with E-state index in [4.69, 9.17) is 9.47 Å². The minimum Gasteiger partial charge on any atom is -0.490 e. The Bertz CT molecular complexity index is 766. The molecule has 0 atom stereocenters. The predicted octanol–water partition coefficient (Wildman–Crippen LogP) is 2.41. The summed E-state index contributed by atoms with van der Waals surface area (Å²) in [6.07, 6.45) is 0. The van der Waals surface area contributed by atoms with Crippen LogP contribution >= 0.6 is 0 Å². The first-order valence-electron chi connectivity index (χ1n) is 8.07. The lowest BCUT2D eigenvalue weighted by Crippen LogP contribution is -2.39. The number of benzene rings is 2. The predicted molar refractivity (Wildman–Crippen MR) is 95.3 cm³/mol. The number of hydrogen-bond donors (Lipinski definition) is 1. The van der Waals surface area contributed by atoms with Crippen LogP contribution < -0.4 is 14.8 Å². The van der Waals surface area contributed by atoms with E-state index in [1.807, 2.05) is 0 Å². The van der Waals surface area contributed by atoms with E-state index in [0.717, 1.165) is 0 Å². The Morgan fingerprint density at radius 1 is 0.963 bits per heavy atom. The number of esters is 2. The first-order valence-corrected chi connectivity index (χ1v) is 8.07. The maximum atomic E-state index is 13.1. The van der Waals surface area contributed by atoms with Crippen molar-refractivity contribution in [3.8, 4) is 11.5 Å². The summed E-state index contributed by atoms with van der Waals surface area (Å²) in [5, 5.41) is 2.75. The van der Waals surface area contributed by atoms with Gasteiger partial charge in [-0.2, -0.15) is 0 Å². The molecule has 0 spiro atoms. The number of nitrogens with one attached hydrogen (secondary N) is 1. The highest BCUT2D eigenvalue weighted by Gasteiger charge is 2.29. The van der Waals surface area contributed by atoms with Crippen molar-refractivity contribution < 1.29 is 32.9 Å². The van der Waals surface area contributed by atoms with Crippen LogP contribution in [0.5, 0.6) is 11.5 Å². The first-order chi connectivity index (χ1) is 13.0. The van der Waals surface area contributed by atoms with E-state index in [2.05, 4.69) is 14.8 Å². The monoisotopic (exact) mass is 377 g/mol. The van der Waals surface area contributed by atoms with Crippen LogP contribution in [0.25, 0.3) is 0 Å². The Balaban J connectivity index is 1.98. The van der Waals surface area contributed by atoms with E-state index in [-0.39, 0.29) is 19.0 Å². The number of carbonyl (C=O) groups excluding carboxylic acids is 2. The van der Waals surface area contributed by atoms with Crippen molar-refractivity contribution in [3.05, 3.63) is 54.3 Å². The number of halogens is 1. The van der Waals surface area contributed by atoms with E-state index in [1.54, 1.807) is 36.4 Å².